The molecule has 0 saturated heterocycles. The molecule has 5 nitrogen and oxygen atoms in total. The van der Waals surface area contributed by atoms with E-state index in [0.717, 1.165) is 12.1 Å². The molecule has 2 aromatic carbocycles. The molecule has 0 saturated carbocycles. The molecule has 0 aromatic heterocycles. The number of amides is 1. The van der Waals surface area contributed by atoms with Crippen LogP contribution in [0.15, 0.2) is 36.4 Å². The van der Waals surface area contributed by atoms with E-state index in [4.69, 9.17) is 23.2 Å². The lowest BCUT2D eigenvalue weighted by atomic mass is 10.1. The van der Waals surface area contributed by atoms with Gasteiger partial charge in [-0.2, -0.15) is 0 Å². The second-order valence-electron chi connectivity index (χ2n) is 4.00. The summed E-state index contributed by atoms with van der Waals surface area (Å²) in [6, 6.07) is 7.19. The minimum Gasteiger partial charge on any atom is -0.322 e. The van der Waals surface area contributed by atoms with Gasteiger partial charge in [0.15, 0.2) is 0 Å². The van der Waals surface area contributed by atoms with Crippen LogP contribution in [0.4, 0.5) is 15.8 Å². The lowest BCUT2D eigenvalue weighted by Crippen LogP contribution is -2.14. The molecule has 108 valence electrons. The molecule has 21 heavy (non-hydrogen) atoms. The predicted molar refractivity (Wildman–Crippen MR) is 77.5 cm³/mol. The van der Waals surface area contributed by atoms with Crippen LogP contribution in [0, 0.1) is 15.9 Å². The van der Waals surface area contributed by atoms with Crippen LogP contribution < -0.4 is 5.32 Å². The molecule has 0 fully saturated rings. The summed E-state index contributed by atoms with van der Waals surface area (Å²) in [6.07, 6.45) is 0. The largest absolute Gasteiger partial charge is 0.322 e. The van der Waals surface area contributed by atoms with Crippen molar-refractivity contribution < 1.29 is 14.1 Å². The minimum absolute atomic E-state index is 0.173. The molecule has 1 N–H and O–H groups in total. The van der Waals surface area contributed by atoms with E-state index in [9.17, 15) is 19.3 Å². The third-order valence-electron chi connectivity index (χ3n) is 2.58. The first-order chi connectivity index (χ1) is 9.88. The third-order valence-corrected chi connectivity index (χ3v) is 3.10. The molecular formula is C13H7Cl2FN2O3. The summed E-state index contributed by atoms with van der Waals surface area (Å²) < 4.78 is 13.0. The summed E-state index contributed by atoms with van der Waals surface area (Å²) in [5, 5.41) is 13.3. The highest BCUT2D eigenvalue weighted by molar-refractivity contribution is 6.31. The molecule has 2 rings (SSSR count). The van der Waals surface area contributed by atoms with E-state index >= 15 is 0 Å². The van der Waals surface area contributed by atoms with Gasteiger partial charge in [0.25, 0.3) is 11.6 Å². The number of hydrogen-bond donors (Lipinski definition) is 1. The maximum absolute atomic E-state index is 13.0. The summed E-state index contributed by atoms with van der Waals surface area (Å²) in [7, 11) is 0. The predicted octanol–water partition coefficient (Wildman–Crippen LogP) is 4.29. The Hall–Kier alpha value is -2.18. The Morgan fingerprint density at radius 3 is 2.52 bits per heavy atom. The molecule has 0 unspecified atom stereocenters. The van der Waals surface area contributed by atoms with Gasteiger partial charge in [0, 0.05) is 16.8 Å². The average Bonchev–Trinajstić information content (AvgIpc) is 2.42. The normalized spacial score (nSPS) is 10.2. The van der Waals surface area contributed by atoms with Crippen molar-refractivity contribution >= 4 is 40.5 Å². The standard InChI is InChI=1S/C13H7Cl2FN2O3/c14-7-1-4-12(18(20)21)9(5-7)13(19)17-8-2-3-11(16)10(15)6-8/h1-6H,(H,17,19). The molecule has 0 bridgehead atoms. The Balaban J connectivity index is 2.34. The molecule has 0 aliphatic carbocycles. The van der Waals surface area contributed by atoms with Gasteiger partial charge in [0.05, 0.1) is 9.95 Å². The number of anilines is 1. The zero-order chi connectivity index (χ0) is 15.6. The van der Waals surface area contributed by atoms with E-state index in [-0.39, 0.29) is 27.0 Å². The maximum Gasteiger partial charge on any atom is 0.282 e. The fraction of sp³-hybridized carbons (Fsp3) is 0. The fourth-order valence-electron chi connectivity index (χ4n) is 1.62. The van der Waals surface area contributed by atoms with Gasteiger partial charge in [-0.05, 0) is 30.3 Å². The van der Waals surface area contributed by atoms with E-state index in [1.54, 1.807) is 0 Å². The first-order valence-electron chi connectivity index (χ1n) is 5.59. The molecule has 0 aliphatic heterocycles. The number of nitrogens with zero attached hydrogens (tertiary/aromatic N) is 1. The molecular weight excluding hydrogens is 322 g/mol. The maximum atomic E-state index is 13.0. The Bertz CT molecular complexity index is 737. The second kappa shape index (κ2) is 6.07. The van der Waals surface area contributed by atoms with Crippen LogP contribution in [0.2, 0.25) is 10.0 Å². The van der Waals surface area contributed by atoms with Crippen LogP contribution >= 0.6 is 23.2 Å². The smallest absolute Gasteiger partial charge is 0.282 e. The van der Waals surface area contributed by atoms with Crippen LogP contribution in [-0.2, 0) is 0 Å². The van der Waals surface area contributed by atoms with Crippen LogP contribution in [-0.4, -0.2) is 10.8 Å². The zero-order valence-electron chi connectivity index (χ0n) is 10.3. The number of hydrogen-bond acceptors (Lipinski definition) is 3. The van der Waals surface area contributed by atoms with Crippen LogP contribution in [0.5, 0.6) is 0 Å². The lowest BCUT2D eigenvalue weighted by Gasteiger charge is -2.07. The van der Waals surface area contributed by atoms with Gasteiger partial charge in [0.2, 0.25) is 0 Å². The number of benzene rings is 2. The summed E-state index contributed by atoms with van der Waals surface area (Å²) >= 11 is 11.3. The minimum atomic E-state index is -0.744. The summed E-state index contributed by atoms with van der Waals surface area (Å²) in [5.74, 6) is -1.38. The average molecular weight is 329 g/mol. The Kier molecular flexibility index (Phi) is 4.40. The van der Waals surface area contributed by atoms with Crippen LogP contribution in [0.3, 0.4) is 0 Å². The highest BCUT2D eigenvalue weighted by Gasteiger charge is 2.20. The summed E-state index contributed by atoms with van der Waals surface area (Å²) in [4.78, 5) is 22.3. The van der Waals surface area contributed by atoms with Gasteiger partial charge in [-0.15, -0.1) is 0 Å². The lowest BCUT2D eigenvalue weighted by molar-refractivity contribution is -0.385. The monoisotopic (exact) mass is 328 g/mol. The van der Waals surface area contributed by atoms with E-state index in [0.29, 0.717) is 0 Å². The SMILES string of the molecule is O=C(Nc1ccc(F)c(Cl)c1)c1cc(Cl)ccc1[N+](=O)[O-]. The second-order valence-corrected chi connectivity index (χ2v) is 4.85. The van der Waals surface area contributed by atoms with Crippen molar-refractivity contribution in [1.29, 1.82) is 0 Å². The number of rotatable bonds is 3. The van der Waals surface area contributed by atoms with Crippen molar-refractivity contribution in [3.05, 3.63) is 67.9 Å². The van der Waals surface area contributed by atoms with Crippen molar-refractivity contribution in [2.24, 2.45) is 0 Å². The molecule has 2 aromatic rings. The van der Waals surface area contributed by atoms with Gasteiger partial charge in [-0.3, -0.25) is 14.9 Å². The molecule has 0 heterocycles. The number of carbonyl (C=O) groups excluding carboxylic acids is 1. The van der Waals surface area contributed by atoms with Crippen molar-refractivity contribution in [2.75, 3.05) is 5.32 Å². The summed E-state index contributed by atoms with van der Waals surface area (Å²) in [6.45, 7) is 0. The van der Waals surface area contributed by atoms with Gasteiger partial charge in [0.1, 0.15) is 11.4 Å². The highest BCUT2D eigenvalue weighted by Crippen LogP contribution is 2.25. The van der Waals surface area contributed by atoms with Gasteiger partial charge >= 0.3 is 0 Å². The van der Waals surface area contributed by atoms with Crippen LogP contribution in [0.1, 0.15) is 10.4 Å². The first-order valence-corrected chi connectivity index (χ1v) is 6.34. The Morgan fingerprint density at radius 1 is 1.19 bits per heavy atom. The van der Waals surface area contributed by atoms with Crippen molar-refractivity contribution in [2.45, 2.75) is 0 Å². The third kappa shape index (κ3) is 3.48. The highest BCUT2D eigenvalue weighted by atomic mass is 35.5. The molecule has 8 heteroatoms. The number of carbonyl (C=O) groups is 1. The van der Waals surface area contributed by atoms with Gasteiger partial charge in [-0.25, -0.2) is 4.39 Å². The molecule has 0 radical (unpaired) electrons. The molecule has 1 amide bonds. The number of nitro benzene ring substituents is 1. The number of nitro groups is 1. The quantitative estimate of drug-likeness (QED) is 0.674. The van der Waals surface area contributed by atoms with Crippen molar-refractivity contribution in [3.63, 3.8) is 0 Å². The molecule has 0 atom stereocenters. The molecule has 0 aliphatic rings. The summed E-state index contributed by atoms with van der Waals surface area (Å²) in [5.41, 5.74) is -0.376. The van der Waals surface area contributed by atoms with Crippen LogP contribution in [0.25, 0.3) is 0 Å². The number of halogens is 3. The zero-order valence-corrected chi connectivity index (χ0v) is 11.8. The molecule has 0 spiro atoms. The fourth-order valence-corrected chi connectivity index (χ4v) is 1.97. The van der Waals surface area contributed by atoms with Crippen molar-refractivity contribution in [3.8, 4) is 0 Å². The van der Waals surface area contributed by atoms with Crippen molar-refractivity contribution in [1.82, 2.24) is 0 Å². The topological polar surface area (TPSA) is 72.2 Å². The van der Waals surface area contributed by atoms with Gasteiger partial charge < -0.3 is 5.32 Å². The van der Waals surface area contributed by atoms with E-state index < -0.39 is 16.6 Å². The van der Waals surface area contributed by atoms with Gasteiger partial charge in [-0.1, -0.05) is 23.2 Å². The number of nitrogens with one attached hydrogen (secondary N) is 1. The Morgan fingerprint density at radius 2 is 1.90 bits per heavy atom. The first kappa shape index (κ1) is 15.2. The van der Waals surface area contributed by atoms with E-state index in [1.807, 2.05) is 0 Å². The Labute approximate surface area is 128 Å². The van der Waals surface area contributed by atoms with E-state index in [2.05, 4.69) is 5.32 Å². The van der Waals surface area contributed by atoms with E-state index in [1.165, 1.54) is 24.3 Å².